The van der Waals surface area contributed by atoms with Crippen LogP contribution in [0.4, 0.5) is 0 Å². The number of nitrogens with zero attached hydrogens (tertiary/aromatic N) is 1. The van der Waals surface area contributed by atoms with Gasteiger partial charge in [0.25, 0.3) is 0 Å². The van der Waals surface area contributed by atoms with Gasteiger partial charge >= 0.3 is 0 Å². The number of hydrogen-bond donors (Lipinski definition) is 0. The van der Waals surface area contributed by atoms with Crippen molar-refractivity contribution in [3.05, 3.63) is 24.3 Å². The number of nitriles is 1. The molecule has 1 aromatic carbocycles. The first kappa shape index (κ1) is 12.8. The molecule has 3 heteroatoms. The molecule has 0 amide bonds. The summed E-state index contributed by atoms with van der Waals surface area (Å²) in [5.41, 5.74) is 0. The molecule has 18 heavy (non-hydrogen) atoms. The minimum absolute atomic E-state index is 0.0169. The van der Waals surface area contributed by atoms with Crippen LogP contribution in [0.2, 0.25) is 0 Å². The van der Waals surface area contributed by atoms with E-state index in [-0.39, 0.29) is 12.0 Å². The lowest BCUT2D eigenvalue weighted by Gasteiger charge is -2.31. The average molecular weight is 245 g/mol. The first-order valence-corrected chi connectivity index (χ1v) is 6.43. The SMILES string of the molecule is COc1ccc(OC2CC(C)CCC2C#N)cc1. The monoisotopic (exact) mass is 245 g/mol. The molecule has 0 saturated heterocycles. The molecule has 1 aliphatic carbocycles. The predicted octanol–water partition coefficient (Wildman–Crippen LogP) is 3.40. The lowest BCUT2D eigenvalue weighted by molar-refractivity contribution is 0.0955. The average Bonchev–Trinajstić information content (AvgIpc) is 2.40. The van der Waals surface area contributed by atoms with E-state index in [4.69, 9.17) is 14.7 Å². The highest BCUT2D eigenvalue weighted by molar-refractivity contribution is 5.31. The summed E-state index contributed by atoms with van der Waals surface area (Å²) < 4.78 is 11.1. The van der Waals surface area contributed by atoms with Crippen LogP contribution in [0.3, 0.4) is 0 Å². The molecular formula is C15H19NO2. The van der Waals surface area contributed by atoms with Gasteiger partial charge in [0.05, 0.1) is 19.1 Å². The molecule has 0 N–H and O–H groups in total. The third-order valence-corrected chi connectivity index (χ3v) is 3.57. The Morgan fingerprint density at radius 2 is 1.83 bits per heavy atom. The largest absolute Gasteiger partial charge is 0.497 e. The summed E-state index contributed by atoms with van der Waals surface area (Å²) in [6, 6.07) is 9.91. The van der Waals surface area contributed by atoms with E-state index in [2.05, 4.69) is 13.0 Å². The van der Waals surface area contributed by atoms with Crippen LogP contribution in [0.1, 0.15) is 26.2 Å². The van der Waals surface area contributed by atoms with Gasteiger partial charge in [-0.15, -0.1) is 0 Å². The molecular weight excluding hydrogens is 226 g/mol. The smallest absolute Gasteiger partial charge is 0.120 e. The van der Waals surface area contributed by atoms with E-state index >= 15 is 0 Å². The number of hydrogen-bond acceptors (Lipinski definition) is 3. The Morgan fingerprint density at radius 3 is 2.44 bits per heavy atom. The van der Waals surface area contributed by atoms with Crippen LogP contribution in [0.25, 0.3) is 0 Å². The normalized spacial score (nSPS) is 27.3. The summed E-state index contributed by atoms with van der Waals surface area (Å²) in [5, 5.41) is 9.16. The highest BCUT2D eigenvalue weighted by Crippen LogP contribution is 2.32. The zero-order valence-corrected chi connectivity index (χ0v) is 10.9. The summed E-state index contributed by atoms with van der Waals surface area (Å²) in [4.78, 5) is 0. The number of methoxy groups -OCH3 is 1. The van der Waals surface area contributed by atoms with Gasteiger partial charge in [0.15, 0.2) is 0 Å². The minimum atomic E-state index is 0.0169. The standard InChI is InChI=1S/C15H19NO2/c1-11-3-4-12(10-16)15(9-11)18-14-7-5-13(17-2)6-8-14/h5-8,11-12,15H,3-4,9H2,1-2H3. The van der Waals surface area contributed by atoms with Gasteiger partial charge in [-0.1, -0.05) is 6.92 Å². The van der Waals surface area contributed by atoms with Crippen molar-refractivity contribution in [2.45, 2.75) is 32.3 Å². The fourth-order valence-electron chi connectivity index (χ4n) is 2.44. The van der Waals surface area contributed by atoms with E-state index in [1.54, 1.807) is 7.11 Å². The number of rotatable bonds is 3. The van der Waals surface area contributed by atoms with Gasteiger partial charge in [0.2, 0.25) is 0 Å². The molecule has 0 spiro atoms. The first-order chi connectivity index (χ1) is 8.72. The van der Waals surface area contributed by atoms with Crippen LogP contribution in [0.15, 0.2) is 24.3 Å². The van der Waals surface area contributed by atoms with Gasteiger partial charge < -0.3 is 9.47 Å². The highest BCUT2D eigenvalue weighted by Gasteiger charge is 2.30. The molecule has 1 fully saturated rings. The van der Waals surface area contributed by atoms with Crippen molar-refractivity contribution in [1.29, 1.82) is 5.26 Å². The molecule has 0 bridgehead atoms. The maximum Gasteiger partial charge on any atom is 0.120 e. The third-order valence-electron chi connectivity index (χ3n) is 3.57. The van der Waals surface area contributed by atoms with Crippen molar-refractivity contribution in [3.8, 4) is 17.6 Å². The van der Waals surface area contributed by atoms with Crippen LogP contribution < -0.4 is 9.47 Å². The van der Waals surface area contributed by atoms with Crippen molar-refractivity contribution in [1.82, 2.24) is 0 Å². The van der Waals surface area contributed by atoms with E-state index in [0.717, 1.165) is 30.8 Å². The lowest BCUT2D eigenvalue weighted by atomic mass is 9.81. The highest BCUT2D eigenvalue weighted by atomic mass is 16.5. The zero-order valence-electron chi connectivity index (χ0n) is 10.9. The predicted molar refractivity (Wildman–Crippen MR) is 69.5 cm³/mol. The Labute approximate surface area is 108 Å². The van der Waals surface area contributed by atoms with Crippen molar-refractivity contribution in [2.24, 2.45) is 11.8 Å². The molecule has 1 aromatic rings. The summed E-state index contributed by atoms with van der Waals surface area (Å²) in [7, 11) is 1.64. The fraction of sp³-hybridized carbons (Fsp3) is 0.533. The summed E-state index contributed by atoms with van der Waals surface area (Å²) >= 11 is 0. The third kappa shape index (κ3) is 2.95. The van der Waals surface area contributed by atoms with E-state index in [9.17, 15) is 0 Å². The molecule has 0 aliphatic heterocycles. The van der Waals surface area contributed by atoms with Crippen LogP contribution in [0, 0.1) is 23.2 Å². The van der Waals surface area contributed by atoms with Gasteiger partial charge in [-0.25, -0.2) is 0 Å². The minimum Gasteiger partial charge on any atom is -0.497 e. The summed E-state index contributed by atoms with van der Waals surface area (Å²) in [6.07, 6.45) is 3.05. The molecule has 2 rings (SSSR count). The Hall–Kier alpha value is -1.69. The molecule has 3 atom stereocenters. The van der Waals surface area contributed by atoms with Crippen LogP contribution in [-0.2, 0) is 0 Å². The second-order valence-electron chi connectivity index (χ2n) is 4.99. The molecule has 0 aromatic heterocycles. The second kappa shape index (κ2) is 5.77. The molecule has 0 radical (unpaired) electrons. The Bertz CT molecular complexity index is 421. The summed E-state index contributed by atoms with van der Waals surface area (Å²) in [6.45, 7) is 2.22. The molecule has 3 unspecified atom stereocenters. The van der Waals surface area contributed by atoms with E-state index in [0.29, 0.717) is 5.92 Å². The van der Waals surface area contributed by atoms with Gasteiger partial charge in [0.1, 0.15) is 17.6 Å². The number of ether oxygens (including phenoxy) is 2. The Balaban J connectivity index is 2.03. The molecule has 0 heterocycles. The molecule has 96 valence electrons. The van der Waals surface area contributed by atoms with Gasteiger partial charge in [-0.3, -0.25) is 0 Å². The maximum atomic E-state index is 9.16. The quantitative estimate of drug-likeness (QED) is 0.819. The van der Waals surface area contributed by atoms with Gasteiger partial charge in [0, 0.05) is 0 Å². The lowest BCUT2D eigenvalue weighted by Crippen LogP contribution is -2.32. The topological polar surface area (TPSA) is 42.2 Å². The Morgan fingerprint density at radius 1 is 1.17 bits per heavy atom. The maximum absolute atomic E-state index is 9.16. The van der Waals surface area contributed by atoms with E-state index in [1.165, 1.54) is 0 Å². The van der Waals surface area contributed by atoms with E-state index in [1.807, 2.05) is 24.3 Å². The van der Waals surface area contributed by atoms with Crippen LogP contribution in [0.5, 0.6) is 11.5 Å². The molecule has 3 nitrogen and oxygen atoms in total. The summed E-state index contributed by atoms with van der Waals surface area (Å²) in [5.74, 6) is 2.28. The molecule has 1 aliphatic rings. The van der Waals surface area contributed by atoms with Crippen molar-refractivity contribution in [3.63, 3.8) is 0 Å². The van der Waals surface area contributed by atoms with Crippen molar-refractivity contribution >= 4 is 0 Å². The first-order valence-electron chi connectivity index (χ1n) is 6.43. The second-order valence-corrected chi connectivity index (χ2v) is 4.99. The zero-order chi connectivity index (χ0) is 13.0. The van der Waals surface area contributed by atoms with Crippen LogP contribution in [-0.4, -0.2) is 13.2 Å². The van der Waals surface area contributed by atoms with Crippen molar-refractivity contribution in [2.75, 3.05) is 7.11 Å². The van der Waals surface area contributed by atoms with Crippen LogP contribution >= 0.6 is 0 Å². The number of benzene rings is 1. The van der Waals surface area contributed by atoms with Crippen molar-refractivity contribution < 1.29 is 9.47 Å². The fourth-order valence-corrected chi connectivity index (χ4v) is 2.44. The molecule has 1 saturated carbocycles. The van der Waals surface area contributed by atoms with Gasteiger partial charge in [-0.2, -0.15) is 5.26 Å². The van der Waals surface area contributed by atoms with Gasteiger partial charge in [-0.05, 0) is 49.4 Å². The van der Waals surface area contributed by atoms with E-state index < -0.39 is 0 Å². The Kier molecular flexibility index (Phi) is 4.09.